The number of fused-ring (bicyclic) bond motifs is 5. The first-order chi connectivity index (χ1) is 16.5. The fourth-order valence-corrected chi connectivity index (χ4v) is 8.88. The average molecular weight is 488 g/mol. The second-order valence-corrected chi connectivity index (χ2v) is 12.6. The minimum Gasteiger partial charge on any atom is -0.457 e. The van der Waals surface area contributed by atoms with Crippen molar-refractivity contribution < 1.29 is 29.3 Å². The van der Waals surface area contributed by atoms with E-state index in [9.17, 15) is 24.6 Å². The number of Topliss-reactive ketones (excluding diaryl/α,β-unsaturated/α-hetero) is 1. The summed E-state index contributed by atoms with van der Waals surface area (Å²) in [5.74, 6) is -0.494. The molecule has 7 nitrogen and oxygen atoms in total. The third-order valence-corrected chi connectivity index (χ3v) is 10.8. The number of likely N-dealkylation sites (tertiary alicyclic amines) is 1. The quantitative estimate of drug-likeness (QED) is 0.588. The van der Waals surface area contributed by atoms with Gasteiger partial charge >= 0.3 is 5.97 Å². The van der Waals surface area contributed by atoms with E-state index in [1.807, 2.05) is 20.0 Å². The summed E-state index contributed by atoms with van der Waals surface area (Å²) in [6, 6.07) is 0. The normalized spacial score (nSPS) is 45.7. The van der Waals surface area contributed by atoms with E-state index in [1.165, 1.54) is 5.57 Å². The van der Waals surface area contributed by atoms with Crippen LogP contribution in [0.3, 0.4) is 0 Å². The number of allylic oxidation sites excluding steroid dienone is 1. The highest BCUT2D eigenvalue weighted by Gasteiger charge is 2.68. The van der Waals surface area contributed by atoms with E-state index >= 15 is 0 Å². The van der Waals surface area contributed by atoms with E-state index in [1.54, 1.807) is 0 Å². The highest BCUT2D eigenvalue weighted by molar-refractivity contribution is 5.92. The number of aliphatic hydroxyl groups is 2. The molecule has 0 bridgehead atoms. The maximum atomic E-state index is 13.4. The Balaban J connectivity index is 1.32. The Labute approximate surface area is 208 Å². The molecule has 7 heteroatoms. The van der Waals surface area contributed by atoms with Crippen LogP contribution in [0.2, 0.25) is 0 Å². The molecule has 0 aromatic carbocycles. The van der Waals surface area contributed by atoms with Crippen LogP contribution in [0.5, 0.6) is 0 Å². The largest absolute Gasteiger partial charge is 0.457 e. The first kappa shape index (κ1) is 25.1. The second kappa shape index (κ2) is 8.77. The van der Waals surface area contributed by atoms with Gasteiger partial charge in [0, 0.05) is 18.4 Å². The lowest BCUT2D eigenvalue weighted by atomic mass is 9.45. The predicted octanol–water partition coefficient (Wildman–Crippen LogP) is 2.67. The molecule has 35 heavy (non-hydrogen) atoms. The molecule has 0 unspecified atom stereocenters. The number of aliphatic hydroxyl groups excluding tert-OH is 1. The maximum absolute atomic E-state index is 13.4. The zero-order valence-corrected chi connectivity index (χ0v) is 21.4. The number of rotatable bonds is 4. The number of esters is 1. The van der Waals surface area contributed by atoms with E-state index in [0.29, 0.717) is 25.8 Å². The summed E-state index contributed by atoms with van der Waals surface area (Å²) >= 11 is 0. The summed E-state index contributed by atoms with van der Waals surface area (Å²) < 4.78 is 5.45. The van der Waals surface area contributed by atoms with E-state index in [0.717, 1.165) is 45.1 Å². The van der Waals surface area contributed by atoms with E-state index in [4.69, 9.17) is 4.74 Å². The number of ketones is 2. The number of carbonyl (C=O) groups is 3. The molecule has 3 saturated carbocycles. The molecule has 0 amide bonds. The number of ether oxygens (including phenoxy) is 1. The molecule has 5 rings (SSSR count). The molecule has 4 aliphatic carbocycles. The molecule has 1 saturated heterocycles. The Kier molecular flexibility index (Phi) is 6.29. The number of carbonyl (C=O) groups excluding carboxylic acids is 3. The molecule has 0 aromatic rings. The highest BCUT2D eigenvalue weighted by atomic mass is 16.5. The molecule has 0 aromatic heterocycles. The molecule has 1 aliphatic heterocycles. The van der Waals surface area contributed by atoms with Crippen molar-refractivity contribution in [3.63, 3.8) is 0 Å². The molecule has 2 N–H and O–H groups in total. The van der Waals surface area contributed by atoms with Gasteiger partial charge < -0.3 is 19.8 Å². The number of hydrogen-bond acceptors (Lipinski definition) is 7. The van der Waals surface area contributed by atoms with Crippen LogP contribution in [0.1, 0.15) is 71.6 Å². The molecule has 1 heterocycles. The Hall–Kier alpha value is -1.57. The van der Waals surface area contributed by atoms with Gasteiger partial charge in [-0.25, -0.2) is 0 Å². The highest BCUT2D eigenvalue weighted by Crippen LogP contribution is 2.67. The van der Waals surface area contributed by atoms with Crippen molar-refractivity contribution in [3.8, 4) is 0 Å². The van der Waals surface area contributed by atoms with Crippen LogP contribution in [0.4, 0.5) is 0 Å². The topological polar surface area (TPSA) is 104 Å². The van der Waals surface area contributed by atoms with Gasteiger partial charge in [0.2, 0.25) is 5.78 Å². The molecule has 8 atom stereocenters. The third kappa shape index (κ3) is 3.84. The molecule has 0 radical (unpaired) electrons. The fraction of sp³-hybridized carbons (Fsp3) is 0.821. The van der Waals surface area contributed by atoms with Crippen LogP contribution in [-0.2, 0) is 19.1 Å². The lowest BCUT2D eigenvalue weighted by Gasteiger charge is -2.60. The van der Waals surface area contributed by atoms with Crippen LogP contribution < -0.4 is 0 Å². The molecule has 5 aliphatic rings. The van der Waals surface area contributed by atoms with Crippen LogP contribution in [-0.4, -0.2) is 71.1 Å². The van der Waals surface area contributed by atoms with Gasteiger partial charge in [-0.1, -0.05) is 19.4 Å². The lowest BCUT2D eigenvalue weighted by Crippen LogP contribution is -2.62. The summed E-state index contributed by atoms with van der Waals surface area (Å²) in [5, 5.41) is 23.3. The van der Waals surface area contributed by atoms with Gasteiger partial charge in [-0.2, -0.15) is 0 Å². The van der Waals surface area contributed by atoms with Crippen LogP contribution in [0.25, 0.3) is 0 Å². The van der Waals surface area contributed by atoms with Gasteiger partial charge in [0.1, 0.15) is 5.60 Å². The van der Waals surface area contributed by atoms with Gasteiger partial charge in [0.05, 0.1) is 12.0 Å². The summed E-state index contributed by atoms with van der Waals surface area (Å²) in [7, 11) is 1.98. The van der Waals surface area contributed by atoms with Crippen molar-refractivity contribution >= 4 is 17.5 Å². The number of piperidine rings is 1. The SMILES string of the molecule is CN1CCC[C@@H](C(=O)OCC(=O)[C@]2(O)CC[C@@H]3[C@H]4CCC5=CC(=O)CC[C@@]5(C)[C@@H]4[C@@H](O)C[C@]32C)C1. The smallest absolute Gasteiger partial charge is 0.310 e. The zero-order valence-electron chi connectivity index (χ0n) is 21.4. The van der Waals surface area contributed by atoms with Crippen LogP contribution >= 0.6 is 0 Å². The zero-order chi connectivity index (χ0) is 25.2. The molecular formula is C28H41NO6. The monoisotopic (exact) mass is 487 g/mol. The minimum absolute atomic E-state index is 0.0345. The van der Waals surface area contributed by atoms with E-state index < -0.39 is 29.5 Å². The summed E-state index contributed by atoms with van der Waals surface area (Å²) in [5.41, 5.74) is -1.40. The van der Waals surface area contributed by atoms with E-state index in [-0.39, 0.29) is 40.8 Å². The Bertz CT molecular complexity index is 946. The van der Waals surface area contributed by atoms with Crippen molar-refractivity contribution in [3.05, 3.63) is 11.6 Å². The Morgan fingerprint density at radius 3 is 2.69 bits per heavy atom. The number of nitrogens with zero attached hydrogens (tertiary/aromatic N) is 1. The van der Waals surface area contributed by atoms with Gasteiger partial charge in [-0.15, -0.1) is 0 Å². The molecule has 194 valence electrons. The van der Waals surface area contributed by atoms with Gasteiger partial charge in [-0.3, -0.25) is 14.4 Å². The predicted molar refractivity (Wildman–Crippen MR) is 129 cm³/mol. The second-order valence-electron chi connectivity index (χ2n) is 12.6. The maximum Gasteiger partial charge on any atom is 0.310 e. The van der Waals surface area contributed by atoms with Gasteiger partial charge in [0.25, 0.3) is 0 Å². The van der Waals surface area contributed by atoms with Crippen molar-refractivity contribution in [1.82, 2.24) is 4.90 Å². The minimum atomic E-state index is -1.60. The molecular weight excluding hydrogens is 446 g/mol. The van der Waals surface area contributed by atoms with Crippen molar-refractivity contribution in [2.75, 3.05) is 26.7 Å². The molecule has 4 fully saturated rings. The van der Waals surface area contributed by atoms with Crippen molar-refractivity contribution in [2.45, 2.75) is 83.3 Å². The first-order valence-electron chi connectivity index (χ1n) is 13.5. The first-order valence-corrected chi connectivity index (χ1v) is 13.5. The van der Waals surface area contributed by atoms with Crippen molar-refractivity contribution in [2.24, 2.45) is 34.5 Å². The third-order valence-electron chi connectivity index (χ3n) is 10.8. The Morgan fingerprint density at radius 2 is 1.94 bits per heavy atom. The standard InChI is InChI=1S/C28H41NO6/c1-26-10-8-19(30)13-18(26)6-7-20-21-9-11-28(34,27(21,2)14-22(31)24(20)26)23(32)16-35-25(33)17-5-4-12-29(3)15-17/h13,17,20-22,24,31,34H,4-12,14-16H2,1-3H3/t17-,20-,21-,22+,24+,26-,27-,28-/m1/s1. The average Bonchev–Trinajstić information content (AvgIpc) is 3.08. The van der Waals surface area contributed by atoms with Gasteiger partial charge in [0.15, 0.2) is 12.4 Å². The Morgan fingerprint density at radius 1 is 1.17 bits per heavy atom. The molecule has 0 spiro atoms. The lowest BCUT2D eigenvalue weighted by molar-refractivity contribution is -0.185. The number of hydrogen-bond donors (Lipinski definition) is 2. The summed E-state index contributed by atoms with van der Waals surface area (Å²) in [6.07, 6.45) is 7.24. The van der Waals surface area contributed by atoms with E-state index in [2.05, 4.69) is 11.8 Å². The fourth-order valence-electron chi connectivity index (χ4n) is 8.88. The van der Waals surface area contributed by atoms with Crippen molar-refractivity contribution in [1.29, 1.82) is 0 Å². The van der Waals surface area contributed by atoms with Crippen LogP contribution in [0, 0.1) is 34.5 Å². The summed E-state index contributed by atoms with van der Waals surface area (Å²) in [4.78, 5) is 40.2. The van der Waals surface area contributed by atoms with Crippen LogP contribution in [0.15, 0.2) is 11.6 Å². The summed E-state index contributed by atoms with van der Waals surface area (Å²) in [6.45, 7) is 5.33. The van der Waals surface area contributed by atoms with Gasteiger partial charge in [-0.05, 0) is 94.2 Å².